The van der Waals surface area contributed by atoms with Gasteiger partial charge in [-0.05, 0) is 48.5 Å². The Balaban J connectivity index is 1.62. The van der Waals surface area contributed by atoms with Gasteiger partial charge in [0.05, 0.1) is 24.7 Å². The zero-order valence-corrected chi connectivity index (χ0v) is 14.8. The van der Waals surface area contributed by atoms with Crippen molar-refractivity contribution in [2.45, 2.75) is 4.90 Å². The molecule has 1 aliphatic rings. The number of nitrogens with zero attached hydrogens (tertiary/aromatic N) is 1. The Kier molecular flexibility index (Phi) is 5.65. The average Bonchev–Trinajstić information content (AvgIpc) is 2.67. The number of ether oxygens (including phenoxy) is 1. The lowest BCUT2D eigenvalue weighted by molar-refractivity contribution is 0.0730. The van der Waals surface area contributed by atoms with Crippen molar-refractivity contribution in [3.63, 3.8) is 0 Å². The number of ketones is 1. The molecule has 0 bridgehead atoms. The first-order valence-electron chi connectivity index (χ1n) is 8.17. The van der Waals surface area contributed by atoms with Crippen molar-refractivity contribution in [2.75, 3.05) is 38.2 Å². The van der Waals surface area contributed by atoms with Crippen LogP contribution in [0.4, 0.5) is 10.1 Å². The zero-order chi connectivity index (χ0) is 18.6. The maximum atomic E-state index is 12.9. The van der Waals surface area contributed by atoms with E-state index in [9.17, 15) is 17.6 Å². The van der Waals surface area contributed by atoms with Gasteiger partial charge in [0.15, 0.2) is 5.78 Å². The highest BCUT2D eigenvalue weighted by Crippen LogP contribution is 2.19. The minimum absolute atomic E-state index is 0.0290. The predicted octanol–water partition coefficient (Wildman–Crippen LogP) is 2.14. The predicted molar refractivity (Wildman–Crippen MR) is 95.2 cm³/mol. The number of halogens is 1. The van der Waals surface area contributed by atoms with E-state index >= 15 is 0 Å². The third-order valence-electron chi connectivity index (χ3n) is 4.08. The van der Waals surface area contributed by atoms with Crippen LogP contribution in [0.5, 0.6) is 0 Å². The van der Waals surface area contributed by atoms with Gasteiger partial charge in [0.1, 0.15) is 5.82 Å². The quantitative estimate of drug-likeness (QED) is 0.780. The van der Waals surface area contributed by atoms with Gasteiger partial charge < -0.3 is 10.1 Å². The van der Waals surface area contributed by atoms with Crippen LogP contribution in [-0.2, 0) is 14.8 Å². The van der Waals surface area contributed by atoms with Crippen molar-refractivity contribution in [2.24, 2.45) is 0 Å². The van der Waals surface area contributed by atoms with E-state index < -0.39 is 15.8 Å². The summed E-state index contributed by atoms with van der Waals surface area (Å²) in [7, 11) is -3.53. The van der Waals surface area contributed by atoms with Crippen LogP contribution in [0.25, 0.3) is 0 Å². The van der Waals surface area contributed by atoms with E-state index in [1.807, 2.05) is 0 Å². The highest BCUT2D eigenvalue weighted by atomic mass is 32.2. The van der Waals surface area contributed by atoms with Gasteiger partial charge in [0, 0.05) is 24.3 Å². The van der Waals surface area contributed by atoms with Crippen molar-refractivity contribution in [1.29, 1.82) is 0 Å². The number of morpholine rings is 1. The highest BCUT2D eigenvalue weighted by Gasteiger charge is 2.26. The van der Waals surface area contributed by atoms with Crippen LogP contribution in [0.1, 0.15) is 10.4 Å². The molecule has 0 spiro atoms. The van der Waals surface area contributed by atoms with Gasteiger partial charge in [-0.25, -0.2) is 12.8 Å². The van der Waals surface area contributed by atoms with E-state index in [1.54, 1.807) is 12.1 Å². The van der Waals surface area contributed by atoms with E-state index in [0.29, 0.717) is 37.6 Å². The molecule has 0 aliphatic carbocycles. The Labute approximate surface area is 151 Å². The third kappa shape index (κ3) is 4.27. The molecule has 0 radical (unpaired) electrons. The molecule has 2 aromatic carbocycles. The average molecular weight is 378 g/mol. The molecular formula is C18H19FN2O4S. The van der Waals surface area contributed by atoms with E-state index in [2.05, 4.69) is 5.32 Å². The maximum Gasteiger partial charge on any atom is 0.243 e. The highest BCUT2D eigenvalue weighted by molar-refractivity contribution is 7.89. The molecule has 8 heteroatoms. The lowest BCUT2D eigenvalue weighted by Crippen LogP contribution is -2.40. The second-order valence-corrected chi connectivity index (χ2v) is 7.76. The van der Waals surface area contributed by atoms with Crippen LogP contribution in [0.2, 0.25) is 0 Å². The molecule has 0 amide bonds. The zero-order valence-electron chi connectivity index (χ0n) is 14.0. The van der Waals surface area contributed by atoms with E-state index in [4.69, 9.17) is 4.74 Å². The standard InChI is InChI=1S/C18H19FN2O4S/c19-15-3-1-14(2-4-15)18(22)13-20-16-5-7-17(8-6-16)26(23,24)21-9-11-25-12-10-21/h1-8,20H,9-13H2. The first-order valence-corrected chi connectivity index (χ1v) is 9.61. The minimum Gasteiger partial charge on any atom is -0.379 e. The second kappa shape index (κ2) is 7.94. The molecule has 138 valence electrons. The van der Waals surface area contributed by atoms with Crippen molar-refractivity contribution in [3.8, 4) is 0 Å². The summed E-state index contributed by atoms with van der Waals surface area (Å²) in [4.78, 5) is 12.3. The van der Waals surface area contributed by atoms with Crippen LogP contribution in [-0.4, -0.2) is 51.4 Å². The molecule has 26 heavy (non-hydrogen) atoms. The monoisotopic (exact) mass is 378 g/mol. The topological polar surface area (TPSA) is 75.7 Å². The third-order valence-corrected chi connectivity index (χ3v) is 5.99. The summed E-state index contributed by atoms with van der Waals surface area (Å²) >= 11 is 0. The molecule has 1 saturated heterocycles. The number of hydrogen-bond donors (Lipinski definition) is 1. The molecule has 1 N–H and O–H groups in total. The molecule has 1 heterocycles. The van der Waals surface area contributed by atoms with Gasteiger partial charge in [-0.1, -0.05) is 0 Å². The Morgan fingerprint density at radius 2 is 1.65 bits per heavy atom. The first kappa shape index (κ1) is 18.5. The Morgan fingerprint density at radius 1 is 1.04 bits per heavy atom. The van der Waals surface area contributed by atoms with Crippen LogP contribution >= 0.6 is 0 Å². The lowest BCUT2D eigenvalue weighted by atomic mass is 10.1. The summed E-state index contributed by atoms with van der Waals surface area (Å²) in [6.45, 7) is 1.50. The number of hydrogen-bond acceptors (Lipinski definition) is 5. The molecule has 2 aromatic rings. The summed E-state index contributed by atoms with van der Waals surface area (Å²) in [6, 6.07) is 11.6. The van der Waals surface area contributed by atoms with Gasteiger partial charge in [0.25, 0.3) is 0 Å². The Bertz CT molecular complexity index is 861. The molecule has 0 saturated carbocycles. The van der Waals surface area contributed by atoms with E-state index in [0.717, 1.165) is 0 Å². The summed E-state index contributed by atoms with van der Waals surface area (Å²) in [5.41, 5.74) is 1.03. The van der Waals surface area contributed by atoms with Gasteiger partial charge in [0.2, 0.25) is 10.0 Å². The van der Waals surface area contributed by atoms with Crippen LogP contribution in [0.15, 0.2) is 53.4 Å². The molecular weight excluding hydrogens is 359 g/mol. The van der Waals surface area contributed by atoms with E-state index in [-0.39, 0.29) is 17.2 Å². The summed E-state index contributed by atoms with van der Waals surface area (Å²) in [5, 5.41) is 2.94. The smallest absolute Gasteiger partial charge is 0.243 e. The fraction of sp³-hybridized carbons (Fsp3) is 0.278. The fourth-order valence-electron chi connectivity index (χ4n) is 2.60. The summed E-state index contributed by atoms with van der Waals surface area (Å²) < 4.78 is 44.5. The Morgan fingerprint density at radius 3 is 2.27 bits per heavy atom. The number of benzene rings is 2. The number of rotatable bonds is 6. The molecule has 0 atom stereocenters. The summed E-state index contributed by atoms with van der Waals surface area (Å²) in [6.07, 6.45) is 0. The number of sulfonamides is 1. The van der Waals surface area contributed by atoms with Crippen molar-refractivity contribution >= 4 is 21.5 Å². The van der Waals surface area contributed by atoms with E-state index in [1.165, 1.54) is 40.7 Å². The minimum atomic E-state index is -3.53. The Hall–Kier alpha value is -2.29. The molecule has 0 aromatic heterocycles. The van der Waals surface area contributed by atoms with Gasteiger partial charge >= 0.3 is 0 Å². The van der Waals surface area contributed by atoms with Crippen molar-refractivity contribution < 1.29 is 22.3 Å². The fourth-order valence-corrected chi connectivity index (χ4v) is 4.01. The maximum absolute atomic E-state index is 12.9. The van der Waals surface area contributed by atoms with Gasteiger partial charge in [-0.2, -0.15) is 4.31 Å². The lowest BCUT2D eigenvalue weighted by Gasteiger charge is -2.26. The molecule has 1 fully saturated rings. The normalized spacial score (nSPS) is 15.6. The SMILES string of the molecule is O=C(CNc1ccc(S(=O)(=O)N2CCOCC2)cc1)c1ccc(F)cc1. The first-order chi connectivity index (χ1) is 12.5. The molecule has 3 rings (SSSR count). The number of carbonyl (C=O) groups is 1. The van der Waals surface area contributed by atoms with Gasteiger partial charge in [-0.3, -0.25) is 4.79 Å². The largest absolute Gasteiger partial charge is 0.379 e. The van der Waals surface area contributed by atoms with Crippen LogP contribution in [0.3, 0.4) is 0 Å². The molecule has 1 aliphatic heterocycles. The van der Waals surface area contributed by atoms with Gasteiger partial charge in [-0.15, -0.1) is 0 Å². The molecule has 6 nitrogen and oxygen atoms in total. The van der Waals surface area contributed by atoms with Crippen LogP contribution < -0.4 is 5.32 Å². The molecule has 0 unspecified atom stereocenters. The number of Topliss-reactive ketones (excluding diaryl/α,β-unsaturated/α-hetero) is 1. The number of nitrogens with one attached hydrogen (secondary N) is 1. The summed E-state index contributed by atoms with van der Waals surface area (Å²) in [5.74, 6) is -0.582. The number of anilines is 1. The van der Waals surface area contributed by atoms with Crippen molar-refractivity contribution in [3.05, 3.63) is 59.9 Å². The second-order valence-electron chi connectivity index (χ2n) is 5.82. The number of carbonyl (C=O) groups excluding carboxylic acids is 1. The van der Waals surface area contributed by atoms with Crippen molar-refractivity contribution in [1.82, 2.24) is 4.31 Å². The van der Waals surface area contributed by atoms with Crippen LogP contribution in [0, 0.1) is 5.82 Å².